The van der Waals surface area contributed by atoms with Crippen LogP contribution in [0.5, 0.6) is 0 Å². The van der Waals surface area contributed by atoms with E-state index in [0.29, 0.717) is 13.1 Å². The number of nitrogens with one attached hydrogen (secondary N) is 1. The second kappa shape index (κ2) is 7.17. The van der Waals surface area contributed by atoms with Gasteiger partial charge in [0.2, 0.25) is 5.91 Å². The fourth-order valence-corrected chi connectivity index (χ4v) is 0.858. The summed E-state index contributed by atoms with van der Waals surface area (Å²) < 4.78 is 0. The summed E-state index contributed by atoms with van der Waals surface area (Å²) in [6.45, 7) is 5.08. The van der Waals surface area contributed by atoms with E-state index < -0.39 is 0 Å². The molecule has 0 aliphatic heterocycles. The average molecular weight is 200 g/mol. The van der Waals surface area contributed by atoms with Crippen LogP contribution in [0, 0.1) is 5.92 Å². The molecule has 0 saturated carbocycles. The first-order valence-corrected chi connectivity index (χ1v) is 4.91. The summed E-state index contributed by atoms with van der Waals surface area (Å²) in [6, 6.07) is 0. The van der Waals surface area contributed by atoms with Crippen LogP contribution in [0.1, 0.15) is 26.7 Å². The molecule has 1 amide bonds. The molecule has 5 heteroatoms. The van der Waals surface area contributed by atoms with Crippen LogP contribution < -0.4 is 16.8 Å². The second-order valence-electron chi connectivity index (χ2n) is 3.26. The van der Waals surface area contributed by atoms with E-state index in [-0.39, 0.29) is 17.8 Å². The van der Waals surface area contributed by atoms with Crippen molar-refractivity contribution in [2.75, 3.05) is 13.1 Å². The Morgan fingerprint density at radius 3 is 2.64 bits per heavy atom. The number of carbonyl (C=O) groups excluding carboxylic acids is 1. The van der Waals surface area contributed by atoms with Gasteiger partial charge in [0.15, 0.2) is 5.96 Å². The Hall–Kier alpha value is -1.26. The molecule has 0 heterocycles. The predicted octanol–water partition coefficient (Wildman–Crippen LogP) is -0.188. The molecule has 0 aliphatic rings. The standard InChI is InChI=1S/C9H20N4O/c1-3-7(2)8(14)12-5-4-6-13-9(10)11/h7H,3-6H2,1-2H3,(H,12,14)(H4,10,11,13). The summed E-state index contributed by atoms with van der Waals surface area (Å²) in [5, 5.41) is 2.82. The van der Waals surface area contributed by atoms with E-state index in [1.165, 1.54) is 0 Å². The molecule has 82 valence electrons. The van der Waals surface area contributed by atoms with Crippen molar-refractivity contribution in [2.24, 2.45) is 22.4 Å². The number of hydrogen-bond donors (Lipinski definition) is 3. The van der Waals surface area contributed by atoms with Crippen molar-refractivity contribution in [3.05, 3.63) is 0 Å². The number of hydrogen-bond acceptors (Lipinski definition) is 2. The highest BCUT2D eigenvalue weighted by Gasteiger charge is 2.08. The van der Waals surface area contributed by atoms with Crippen LogP contribution in [0.3, 0.4) is 0 Å². The van der Waals surface area contributed by atoms with E-state index >= 15 is 0 Å². The maximum absolute atomic E-state index is 11.3. The minimum Gasteiger partial charge on any atom is -0.370 e. The van der Waals surface area contributed by atoms with Crippen molar-refractivity contribution in [2.45, 2.75) is 26.7 Å². The van der Waals surface area contributed by atoms with Gasteiger partial charge in [0.05, 0.1) is 0 Å². The van der Waals surface area contributed by atoms with Crippen LogP contribution in [0.4, 0.5) is 0 Å². The lowest BCUT2D eigenvalue weighted by atomic mass is 10.1. The minimum absolute atomic E-state index is 0.0816. The first-order chi connectivity index (χ1) is 6.57. The van der Waals surface area contributed by atoms with Crippen molar-refractivity contribution < 1.29 is 4.79 Å². The van der Waals surface area contributed by atoms with Crippen molar-refractivity contribution >= 4 is 11.9 Å². The third kappa shape index (κ3) is 6.28. The largest absolute Gasteiger partial charge is 0.370 e. The highest BCUT2D eigenvalue weighted by Crippen LogP contribution is 1.99. The molecular weight excluding hydrogens is 180 g/mol. The van der Waals surface area contributed by atoms with E-state index in [4.69, 9.17) is 11.5 Å². The van der Waals surface area contributed by atoms with Gasteiger partial charge in [0, 0.05) is 19.0 Å². The summed E-state index contributed by atoms with van der Waals surface area (Å²) in [5.41, 5.74) is 10.3. The Kier molecular flexibility index (Phi) is 6.53. The highest BCUT2D eigenvalue weighted by atomic mass is 16.1. The summed E-state index contributed by atoms with van der Waals surface area (Å²) >= 11 is 0. The fourth-order valence-electron chi connectivity index (χ4n) is 0.858. The molecule has 5 N–H and O–H groups in total. The number of carbonyl (C=O) groups is 1. The summed E-state index contributed by atoms with van der Waals surface area (Å²) in [7, 11) is 0. The lowest BCUT2D eigenvalue weighted by Crippen LogP contribution is -2.30. The molecular formula is C9H20N4O. The van der Waals surface area contributed by atoms with Gasteiger partial charge >= 0.3 is 0 Å². The molecule has 0 rings (SSSR count). The van der Waals surface area contributed by atoms with E-state index in [9.17, 15) is 4.79 Å². The molecule has 0 aromatic rings. The normalized spacial score (nSPS) is 11.9. The number of nitrogens with two attached hydrogens (primary N) is 2. The zero-order chi connectivity index (χ0) is 11.0. The number of aliphatic imine (C=N–C) groups is 1. The SMILES string of the molecule is CCC(C)C(=O)NCCCN=C(N)N. The van der Waals surface area contributed by atoms with Crippen LogP contribution in [-0.2, 0) is 4.79 Å². The summed E-state index contributed by atoms with van der Waals surface area (Å²) in [5.74, 6) is 0.272. The quantitative estimate of drug-likeness (QED) is 0.315. The molecule has 1 atom stereocenters. The molecule has 0 spiro atoms. The maximum atomic E-state index is 11.3. The topological polar surface area (TPSA) is 93.5 Å². The van der Waals surface area contributed by atoms with Crippen LogP contribution in [-0.4, -0.2) is 25.0 Å². The van der Waals surface area contributed by atoms with E-state index in [0.717, 1.165) is 12.8 Å². The van der Waals surface area contributed by atoms with Crippen LogP contribution >= 0.6 is 0 Å². The van der Waals surface area contributed by atoms with Gasteiger partial charge < -0.3 is 16.8 Å². The average Bonchev–Trinajstić information content (AvgIpc) is 2.15. The highest BCUT2D eigenvalue weighted by molar-refractivity contribution is 5.78. The van der Waals surface area contributed by atoms with E-state index in [2.05, 4.69) is 10.3 Å². The maximum Gasteiger partial charge on any atom is 0.222 e. The van der Waals surface area contributed by atoms with Gasteiger partial charge in [-0.15, -0.1) is 0 Å². The lowest BCUT2D eigenvalue weighted by molar-refractivity contribution is -0.124. The smallest absolute Gasteiger partial charge is 0.222 e. The van der Waals surface area contributed by atoms with Crippen molar-refractivity contribution in [1.82, 2.24) is 5.32 Å². The second-order valence-corrected chi connectivity index (χ2v) is 3.26. The Balaban J connectivity index is 3.45. The molecule has 0 aliphatic carbocycles. The predicted molar refractivity (Wildman–Crippen MR) is 57.8 cm³/mol. The van der Waals surface area contributed by atoms with Gasteiger partial charge in [0.1, 0.15) is 0 Å². The minimum atomic E-state index is 0.0816. The van der Waals surface area contributed by atoms with Crippen molar-refractivity contribution in [1.29, 1.82) is 0 Å². The Bertz CT molecular complexity index is 199. The number of nitrogens with zero attached hydrogens (tertiary/aromatic N) is 1. The Morgan fingerprint density at radius 1 is 1.50 bits per heavy atom. The summed E-state index contributed by atoms with van der Waals surface area (Å²) in [4.78, 5) is 15.1. The molecule has 0 radical (unpaired) electrons. The van der Waals surface area contributed by atoms with Crippen molar-refractivity contribution in [3.63, 3.8) is 0 Å². The molecule has 0 saturated heterocycles. The monoisotopic (exact) mass is 200 g/mol. The van der Waals surface area contributed by atoms with E-state index in [1.54, 1.807) is 0 Å². The zero-order valence-electron chi connectivity index (χ0n) is 8.92. The number of rotatable bonds is 6. The third-order valence-corrected chi connectivity index (χ3v) is 1.99. The van der Waals surface area contributed by atoms with Gasteiger partial charge in [-0.1, -0.05) is 13.8 Å². The van der Waals surface area contributed by atoms with Gasteiger partial charge in [-0.25, -0.2) is 0 Å². The fraction of sp³-hybridized carbons (Fsp3) is 0.778. The summed E-state index contributed by atoms with van der Waals surface area (Å²) in [6.07, 6.45) is 1.62. The molecule has 0 fully saturated rings. The van der Waals surface area contributed by atoms with Gasteiger partial charge in [-0.2, -0.15) is 0 Å². The first kappa shape index (κ1) is 12.7. The molecule has 5 nitrogen and oxygen atoms in total. The van der Waals surface area contributed by atoms with Crippen LogP contribution in [0.15, 0.2) is 4.99 Å². The van der Waals surface area contributed by atoms with Crippen LogP contribution in [0.2, 0.25) is 0 Å². The molecule has 0 bridgehead atoms. The Morgan fingerprint density at radius 2 is 2.14 bits per heavy atom. The van der Waals surface area contributed by atoms with Gasteiger partial charge in [0.25, 0.3) is 0 Å². The van der Waals surface area contributed by atoms with Crippen molar-refractivity contribution in [3.8, 4) is 0 Å². The Labute approximate surface area is 84.9 Å². The van der Waals surface area contributed by atoms with Gasteiger partial charge in [-0.3, -0.25) is 9.79 Å². The molecule has 0 aromatic heterocycles. The number of amides is 1. The lowest BCUT2D eigenvalue weighted by Gasteiger charge is -2.08. The van der Waals surface area contributed by atoms with Gasteiger partial charge in [-0.05, 0) is 12.8 Å². The number of guanidine groups is 1. The third-order valence-electron chi connectivity index (χ3n) is 1.99. The molecule has 0 aromatic carbocycles. The zero-order valence-corrected chi connectivity index (χ0v) is 8.92. The molecule has 14 heavy (non-hydrogen) atoms. The van der Waals surface area contributed by atoms with E-state index in [1.807, 2.05) is 13.8 Å². The van der Waals surface area contributed by atoms with Crippen LogP contribution in [0.25, 0.3) is 0 Å². The first-order valence-electron chi connectivity index (χ1n) is 4.91. The molecule has 1 unspecified atom stereocenters.